The Labute approximate surface area is 309 Å². The molecule has 2 aliphatic carbocycles. The lowest BCUT2D eigenvalue weighted by Gasteiger charge is -2.61. The molecule has 2 N–H and O–H groups in total. The molecule has 4 aliphatic rings. The van der Waals surface area contributed by atoms with Crippen LogP contribution in [0.3, 0.4) is 0 Å². The third-order valence-electron chi connectivity index (χ3n) is 9.87. The summed E-state index contributed by atoms with van der Waals surface area (Å²) in [7, 11) is 1.96. The number of carbonyl (C=O) groups is 5. The summed E-state index contributed by atoms with van der Waals surface area (Å²) in [4.78, 5) is 66.7. The third kappa shape index (κ3) is 8.10. The van der Waals surface area contributed by atoms with E-state index in [1.807, 2.05) is 20.0 Å². The van der Waals surface area contributed by atoms with Gasteiger partial charge in [-0.05, 0) is 99.0 Å². The topological polar surface area (TPSA) is 185 Å². The molecule has 15 heteroatoms. The van der Waals surface area contributed by atoms with E-state index in [0.717, 1.165) is 12.0 Å². The molecule has 1 amide bonds. The SMILES string of the molecule is CCCCOC(=O)[C@H](CC(=O)O[C@@H](C)C(=O)OC1=CC[C@@]2(O)[C@H]3Cc4ccc(OC(=O)OC(C)(C)C)c5c4[C@@]2(CCN3C)[C@H]1O5)NC(=O)OC(C)(C)C. The van der Waals surface area contributed by atoms with Gasteiger partial charge in [-0.3, -0.25) is 4.79 Å². The van der Waals surface area contributed by atoms with E-state index in [9.17, 15) is 29.1 Å². The first-order valence-corrected chi connectivity index (χ1v) is 18.1. The van der Waals surface area contributed by atoms with E-state index in [4.69, 9.17) is 33.2 Å². The highest BCUT2D eigenvalue weighted by molar-refractivity contribution is 5.87. The van der Waals surface area contributed by atoms with Crippen LogP contribution in [0.5, 0.6) is 11.5 Å². The first-order valence-electron chi connectivity index (χ1n) is 18.1. The number of esters is 3. The van der Waals surface area contributed by atoms with Crippen molar-refractivity contribution in [3.05, 3.63) is 35.1 Å². The van der Waals surface area contributed by atoms with Gasteiger partial charge in [0.15, 0.2) is 23.7 Å². The Morgan fingerprint density at radius 3 is 2.40 bits per heavy atom. The number of nitrogens with one attached hydrogen (secondary N) is 1. The number of rotatable bonds is 11. The van der Waals surface area contributed by atoms with Crippen LogP contribution in [0, 0.1) is 0 Å². The maximum absolute atomic E-state index is 13.5. The zero-order chi connectivity index (χ0) is 39.1. The van der Waals surface area contributed by atoms with E-state index in [2.05, 4.69) is 10.2 Å². The minimum Gasteiger partial charge on any atom is -0.477 e. The van der Waals surface area contributed by atoms with Crippen LogP contribution in [0.4, 0.5) is 9.59 Å². The number of likely N-dealkylation sites (N-methyl/N-ethyl adjacent to an activating group) is 1. The number of hydrogen-bond donors (Lipinski definition) is 2. The van der Waals surface area contributed by atoms with Crippen molar-refractivity contribution in [2.24, 2.45) is 0 Å². The number of hydrogen-bond acceptors (Lipinski definition) is 14. The molecule has 0 radical (unpaired) electrons. The smallest absolute Gasteiger partial charge is 0.477 e. The highest BCUT2D eigenvalue weighted by atomic mass is 16.7. The monoisotopic (exact) mass is 744 g/mol. The Balaban J connectivity index is 1.34. The largest absolute Gasteiger partial charge is 0.514 e. The van der Waals surface area contributed by atoms with Crippen molar-refractivity contribution >= 4 is 30.2 Å². The maximum Gasteiger partial charge on any atom is 0.514 e. The number of aliphatic hydroxyl groups is 1. The lowest BCUT2D eigenvalue weighted by molar-refractivity contribution is -0.175. The highest BCUT2D eigenvalue weighted by Crippen LogP contribution is 2.65. The quantitative estimate of drug-likeness (QED) is 0.141. The molecule has 0 aromatic heterocycles. The van der Waals surface area contributed by atoms with Gasteiger partial charge in [-0.25, -0.2) is 19.2 Å². The summed E-state index contributed by atoms with van der Waals surface area (Å²) >= 11 is 0. The number of likely N-dealkylation sites (tertiary alicyclic amines) is 1. The fourth-order valence-electron chi connectivity index (χ4n) is 7.59. The van der Waals surface area contributed by atoms with Crippen molar-refractivity contribution in [3.8, 4) is 11.5 Å². The predicted molar refractivity (Wildman–Crippen MR) is 187 cm³/mol. The normalized spacial score (nSPS) is 25.4. The summed E-state index contributed by atoms with van der Waals surface area (Å²) in [6, 6.07) is 1.78. The molecule has 1 aromatic carbocycles. The molecule has 2 aliphatic heterocycles. The fourth-order valence-corrected chi connectivity index (χ4v) is 7.59. The number of carbonyl (C=O) groups excluding carboxylic acids is 5. The number of benzene rings is 1. The third-order valence-corrected chi connectivity index (χ3v) is 9.87. The minimum atomic E-state index is -1.44. The van der Waals surface area contributed by atoms with Crippen LogP contribution in [0.1, 0.15) is 98.6 Å². The van der Waals surface area contributed by atoms with Crippen molar-refractivity contribution in [3.63, 3.8) is 0 Å². The van der Waals surface area contributed by atoms with Crippen molar-refractivity contribution in [2.75, 3.05) is 20.2 Å². The van der Waals surface area contributed by atoms with Gasteiger partial charge in [-0.1, -0.05) is 19.4 Å². The van der Waals surface area contributed by atoms with E-state index in [0.29, 0.717) is 31.4 Å². The Bertz CT molecular complexity index is 1660. The second-order valence-corrected chi connectivity index (χ2v) is 16.1. The van der Waals surface area contributed by atoms with E-state index in [1.165, 1.54) is 6.92 Å². The average molecular weight is 745 g/mol. The lowest BCUT2D eigenvalue weighted by atomic mass is 9.50. The molecule has 1 saturated heterocycles. The van der Waals surface area contributed by atoms with Gasteiger partial charge in [0.2, 0.25) is 0 Å². The first-order chi connectivity index (χ1) is 24.7. The molecule has 0 unspecified atom stereocenters. The lowest BCUT2D eigenvalue weighted by Crippen LogP contribution is -2.74. The summed E-state index contributed by atoms with van der Waals surface area (Å²) in [5.74, 6) is -2.28. The molecule has 6 atom stereocenters. The molecule has 2 heterocycles. The molecule has 2 bridgehead atoms. The number of unbranched alkanes of at least 4 members (excludes halogenated alkanes) is 1. The zero-order valence-corrected chi connectivity index (χ0v) is 32.0. The zero-order valence-electron chi connectivity index (χ0n) is 32.0. The van der Waals surface area contributed by atoms with Gasteiger partial charge in [0, 0.05) is 18.0 Å². The van der Waals surface area contributed by atoms with Gasteiger partial charge in [-0.2, -0.15) is 0 Å². The molecule has 15 nitrogen and oxygen atoms in total. The number of amides is 1. The number of piperidine rings is 1. The summed E-state index contributed by atoms with van der Waals surface area (Å²) in [5.41, 5.74) is -2.43. The number of nitrogens with zero attached hydrogens (tertiary/aromatic N) is 1. The van der Waals surface area contributed by atoms with Crippen molar-refractivity contribution in [1.82, 2.24) is 10.2 Å². The summed E-state index contributed by atoms with van der Waals surface area (Å²) < 4.78 is 39.3. The second kappa shape index (κ2) is 14.8. The van der Waals surface area contributed by atoms with Crippen molar-refractivity contribution < 1.29 is 62.2 Å². The van der Waals surface area contributed by atoms with Crippen molar-refractivity contribution in [2.45, 2.75) is 140 Å². The predicted octanol–water partition coefficient (Wildman–Crippen LogP) is 4.38. The Kier molecular flexibility index (Phi) is 11.1. The minimum absolute atomic E-state index is 0.0889. The van der Waals surface area contributed by atoms with Crippen LogP contribution < -0.4 is 14.8 Å². The molecular weight excluding hydrogens is 692 g/mol. The summed E-state index contributed by atoms with van der Waals surface area (Å²) in [6.45, 7) is 14.0. The van der Waals surface area contributed by atoms with Crippen LogP contribution in [-0.4, -0.2) is 101 Å². The van der Waals surface area contributed by atoms with Gasteiger partial charge in [0.1, 0.15) is 23.0 Å². The van der Waals surface area contributed by atoms with Crippen molar-refractivity contribution in [1.29, 1.82) is 0 Å². The molecule has 1 spiro atoms. The van der Waals surface area contributed by atoms with E-state index in [1.54, 1.807) is 53.7 Å². The van der Waals surface area contributed by atoms with E-state index in [-0.39, 0.29) is 36.3 Å². The van der Waals surface area contributed by atoms with Crippen LogP contribution in [0.25, 0.3) is 0 Å². The van der Waals surface area contributed by atoms with Gasteiger partial charge < -0.3 is 48.5 Å². The Hall–Kier alpha value is -4.37. The van der Waals surface area contributed by atoms with Gasteiger partial charge in [0.25, 0.3) is 0 Å². The molecule has 0 saturated carbocycles. The van der Waals surface area contributed by atoms with Gasteiger partial charge in [0.05, 0.1) is 24.0 Å². The second-order valence-electron chi connectivity index (χ2n) is 16.1. The molecule has 53 heavy (non-hydrogen) atoms. The van der Waals surface area contributed by atoms with Crippen LogP contribution >= 0.6 is 0 Å². The first kappa shape index (κ1) is 39.8. The number of ether oxygens (including phenoxy) is 7. The molecule has 5 rings (SSSR count). The molecule has 292 valence electrons. The Morgan fingerprint density at radius 1 is 1.04 bits per heavy atom. The molecule has 1 aromatic rings. The highest BCUT2D eigenvalue weighted by Gasteiger charge is 2.72. The van der Waals surface area contributed by atoms with Gasteiger partial charge in [-0.15, -0.1) is 0 Å². The molecule has 1 fully saturated rings. The van der Waals surface area contributed by atoms with Crippen LogP contribution in [0.15, 0.2) is 24.0 Å². The standard InChI is InChI=1S/C38H52N2O13/c1-10-11-18-47-32(43)23(39-33(44)52-35(3,4)5)20-27(41)48-21(2)31(42)49-25-14-15-38(46)26-19-22-12-13-24(50-34(45)53-36(6,7)8)29-28(22)37(38,30(25)51-29)16-17-40(26)9/h12-14,21,23,26,30,46H,10-11,15-20H2,1-9H3,(H,39,44)/t21-,23-,26+,30-,37-,38+/m0/s1. The average Bonchev–Trinajstić information content (AvgIpc) is 3.39. The van der Waals surface area contributed by atoms with Crippen LogP contribution in [0.2, 0.25) is 0 Å². The Morgan fingerprint density at radius 2 is 1.74 bits per heavy atom. The van der Waals surface area contributed by atoms with Gasteiger partial charge >= 0.3 is 30.2 Å². The fraction of sp³-hybridized carbons (Fsp3) is 0.658. The van der Waals surface area contributed by atoms with E-state index >= 15 is 0 Å². The maximum atomic E-state index is 13.5. The molecular formula is C38H52N2O13. The summed E-state index contributed by atoms with van der Waals surface area (Å²) in [5, 5.41) is 14.9. The van der Waals surface area contributed by atoms with Crippen LogP contribution in [-0.2, 0) is 49.9 Å². The summed E-state index contributed by atoms with van der Waals surface area (Å²) in [6.07, 6.45) is -0.878. The van der Waals surface area contributed by atoms with E-state index < -0.39 is 77.0 Å². The number of alkyl carbamates (subject to hydrolysis) is 1.